The van der Waals surface area contributed by atoms with Gasteiger partial charge in [-0.1, -0.05) is 60.7 Å². The number of fused-ring (bicyclic) bond motifs is 1. The van der Waals surface area contributed by atoms with E-state index in [-0.39, 0.29) is 5.75 Å². The Morgan fingerprint density at radius 3 is 2.00 bits per heavy atom. The van der Waals surface area contributed by atoms with Crippen LogP contribution in [0.4, 0.5) is 0 Å². The highest BCUT2D eigenvalue weighted by Gasteiger charge is 2.25. The molecule has 1 heterocycles. The smallest absolute Gasteiger partial charge is 0.201 e. The van der Waals surface area contributed by atoms with Gasteiger partial charge in [0.2, 0.25) is 5.75 Å². The zero-order valence-electron chi connectivity index (χ0n) is 14.5. The Labute approximate surface area is 151 Å². The van der Waals surface area contributed by atoms with Crippen molar-refractivity contribution in [3.05, 3.63) is 66.7 Å². The van der Waals surface area contributed by atoms with Gasteiger partial charge in [0.25, 0.3) is 0 Å². The summed E-state index contributed by atoms with van der Waals surface area (Å²) in [6.45, 7) is 0. The summed E-state index contributed by atoms with van der Waals surface area (Å²) >= 11 is 0. The molecule has 130 valence electrons. The van der Waals surface area contributed by atoms with E-state index >= 15 is 0 Å². The van der Waals surface area contributed by atoms with Gasteiger partial charge >= 0.3 is 0 Å². The fourth-order valence-electron chi connectivity index (χ4n) is 3.22. The summed E-state index contributed by atoms with van der Waals surface area (Å²) in [6.07, 6.45) is 0. The number of phenolic OH excluding ortho intramolecular Hbond substituents is 1. The Hall–Kier alpha value is -3.40. The number of phenols is 1. The Morgan fingerprint density at radius 2 is 1.42 bits per heavy atom. The molecule has 3 aromatic carbocycles. The van der Waals surface area contributed by atoms with Gasteiger partial charge < -0.3 is 19.0 Å². The lowest BCUT2D eigenvalue weighted by molar-refractivity contribution is 0.342. The lowest BCUT2D eigenvalue weighted by atomic mass is 9.98. The van der Waals surface area contributed by atoms with Crippen LogP contribution in [0.15, 0.2) is 71.1 Å². The summed E-state index contributed by atoms with van der Waals surface area (Å²) in [4.78, 5) is 0. The van der Waals surface area contributed by atoms with Crippen molar-refractivity contribution in [3.8, 4) is 39.7 Å². The zero-order chi connectivity index (χ0) is 18.1. The topological polar surface area (TPSA) is 51.8 Å². The average Bonchev–Trinajstić information content (AvgIpc) is 3.08. The summed E-state index contributed by atoms with van der Waals surface area (Å²) < 4.78 is 17.0. The van der Waals surface area contributed by atoms with E-state index in [1.165, 1.54) is 14.2 Å². The molecule has 0 aliphatic carbocycles. The first-order chi connectivity index (χ1) is 12.7. The maximum Gasteiger partial charge on any atom is 0.201 e. The van der Waals surface area contributed by atoms with Gasteiger partial charge in [-0.15, -0.1) is 0 Å². The molecule has 0 aliphatic heterocycles. The third kappa shape index (κ3) is 2.47. The van der Waals surface area contributed by atoms with Gasteiger partial charge in [0.15, 0.2) is 11.5 Å². The molecule has 4 rings (SSSR count). The molecule has 0 radical (unpaired) electrons. The predicted octanol–water partition coefficient (Wildman–Crippen LogP) is 5.49. The van der Waals surface area contributed by atoms with Crippen LogP contribution in [0.5, 0.6) is 17.2 Å². The first kappa shape index (κ1) is 16.1. The minimum atomic E-state index is -0.0416. The molecule has 0 saturated heterocycles. The number of rotatable bonds is 4. The van der Waals surface area contributed by atoms with Crippen molar-refractivity contribution in [2.45, 2.75) is 0 Å². The number of hydrogen-bond donors (Lipinski definition) is 1. The molecule has 0 saturated carbocycles. The van der Waals surface area contributed by atoms with E-state index < -0.39 is 0 Å². The first-order valence-electron chi connectivity index (χ1n) is 8.26. The standard InChI is InChI=1S/C22H18O4/c1-24-17-13-16-19(22(25-2)20(17)23)18(14-9-5-3-6-10-14)21(26-16)15-11-7-4-8-12-15/h3-13,23H,1-2H3. The fourth-order valence-corrected chi connectivity index (χ4v) is 3.22. The van der Waals surface area contributed by atoms with Crippen molar-refractivity contribution in [1.29, 1.82) is 0 Å². The van der Waals surface area contributed by atoms with Crippen LogP contribution >= 0.6 is 0 Å². The molecule has 1 N–H and O–H groups in total. The molecule has 4 nitrogen and oxygen atoms in total. The van der Waals surface area contributed by atoms with Crippen molar-refractivity contribution in [2.75, 3.05) is 14.2 Å². The lowest BCUT2D eigenvalue weighted by Crippen LogP contribution is -1.90. The third-order valence-corrected chi connectivity index (χ3v) is 4.40. The first-order valence-corrected chi connectivity index (χ1v) is 8.26. The average molecular weight is 346 g/mol. The lowest BCUT2D eigenvalue weighted by Gasteiger charge is -2.10. The van der Waals surface area contributed by atoms with Crippen LogP contribution in [-0.2, 0) is 0 Å². The number of methoxy groups -OCH3 is 2. The van der Waals surface area contributed by atoms with Crippen molar-refractivity contribution < 1.29 is 19.0 Å². The molecule has 0 atom stereocenters. The van der Waals surface area contributed by atoms with E-state index in [2.05, 4.69) is 0 Å². The number of benzene rings is 3. The molecule has 1 aromatic heterocycles. The molecule has 4 aromatic rings. The van der Waals surface area contributed by atoms with Gasteiger partial charge in [0.1, 0.15) is 11.3 Å². The van der Waals surface area contributed by atoms with Crippen LogP contribution < -0.4 is 9.47 Å². The summed E-state index contributed by atoms with van der Waals surface area (Å²) in [5, 5.41) is 11.3. The Balaban J connectivity index is 2.15. The fraction of sp³-hybridized carbons (Fsp3) is 0.0909. The molecule has 0 aliphatic rings. The predicted molar refractivity (Wildman–Crippen MR) is 102 cm³/mol. The molecule has 26 heavy (non-hydrogen) atoms. The Bertz CT molecular complexity index is 1050. The van der Waals surface area contributed by atoms with E-state index in [0.717, 1.165) is 27.8 Å². The highest BCUT2D eigenvalue weighted by Crippen LogP contribution is 2.50. The van der Waals surface area contributed by atoms with Gasteiger partial charge in [-0.05, 0) is 5.56 Å². The number of aromatic hydroxyl groups is 1. The van der Waals surface area contributed by atoms with Crippen LogP contribution in [0.1, 0.15) is 0 Å². The van der Waals surface area contributed by atoms with Crippen molar-refractivity contribution >= 4 is 11.0 Å². The second-order valence-corrected chi connectivity index (χ2v) is 5.87. The van der Waals surface area contributed by atoms with Crippen LogP contribution in [0.25, 0.3) is 33.4 Å². The summed E-state index contributed by atoms with van der Waals surface area (Å²) in [5.41, 5.74) is 3.40. The van der Waals surface area contributed by atoms with Gasteiger partial charge in [-0.3, -0.25) is 0 Å². The molecule has 0 unspecified atom stereocenters. The number of furan rings is 1. The van der Waals surface area contributed by atoms with Crippen LogP contribution in [0.2, 0.25) is 0 Å². The van der Waals surface area contributed by atoms with E-state index in [1.807, 2.05) is 60.7 Å². The van der Waals surface area contributed by atoms with E-state index in [9.17, 15) is 5.11 Å². The Kier molecular flexibility index (Phi) is 4.01. The van der Waals surface area contributed by atoms with Crippen molar-refractivity contribution in [1.82, 2.24) is 0 Å². The largest absolute Gasteiger partial charge is 0.502 e. The zero-order valence-corrected chi connectivity index (χ0v) is 14.5. The minimum Gasteiger partial charge on any atom is -0.502 e. The van der Waals surface area contributed by atoms with Gasteiger partial charge in [0, 0.05) is 17.2 Å². The minimum absolute atomic E-state index is 0.0416. The maximum absolute atomic E-state index is 10.5. The SMILES string of the molecule is COc1cc2oc(-c3ccccc3)c(-c3ccccc3)c2c(OC)c1O. The molecule has 0 amide bonds. The van der Waals surface area contributed by atoms with Gasteiger partial charge in [-0.2, -0.15) is 0 Å². The van der Waals surface area contributed by atoms with Crippen molar-refractivity contribution in [3.63, 3.8) is 0 Å². The Morgan fingerprint density at radius 1 is 0.808 bits per heavy atom. The quantitative estimate of drug-likeness (QED) is 0.531. The van der Waals surface area contributed by atoms with Crippen LogP contribution in [0.3, 0.4) is 0 Å². The second kappa shape index (κ2) is 6.48. The summed E-state index contributed by atoms with van der Waals surface area (Å²) in [6, 6.07) is 21.5. The molecular formula is C22H18O4. The number of ether oxygens (including phenoxy) is 2. The highest BCUT2D eigenvalue weighted by molar-refractivity contribution is 6.07. The summed E-state index contributed by atoms with van der Waals surface area (Å²) in [5.74, 6) is 1.32. The number of hydrogen-bond acceptors (Lipinski definition) is 4. The molecule has 0 spiro atoms. The third-order valence-electron chi connectivity index (χ3n) is 4.40. The highest BCUT2D eigenvalue weighted by atomic mass is 16.5. The second-order valence-electron chi connectivity index (χ2n) is 5.87. The monoisotopic (exact) mass is 346 g/mol. The maximum atomic E-state index is 10.5. The van der Waals surface area contributed by atoms with Crippen molar-refractivity contribution in [2.24, 2.45) is 0 Å². The van der Waals surface area contributed by atoms with E-state index in [0.29, 0.717) is 17.1 Å². The normalized spacial score (nSPS) is 10.8. The van der Waals surface area contributed by atoms with Crippen LogP contribution in [-0.4, -0.2) is 19.3 Å². The summed E-state index contributed by atoms with van der Waals surface area (Å²) in [7, 11) is 3.03. The van der Waals surface area contributed by atoms with E-state index in [1.54, 1.807) is 6.07 Å². The van der Waals surface area contributed by atoms with Gasteiger partial charge in [-0.25, -0.2) is 0 Å². The molecular weight excluding hydrogens is 328 g/mol. The molecule has 4 heteroatoms. The molecule has 0 bridgehead atoms. The molecule has 0 fully saturated rings. The van der Waals surface area contributed by atoms with E-state index in [4.69, 9.17) is 13.9 Å². The van der Waals surface area contributed by atoms with Crippen LogP contribution in [0, 0.1) is 0 Å². The van der Waals surface area contributed by atoms with Gasteiger partial charge in [0.05, 0.1) is 19.6 Å².